The number of halogens is 1. The number of carbonyl (C=O) groups excluding carboxylic acids is 1. The lowest BCUT2D eigenvalue weighted by molar-refractivity contribution is -0.115. The van der Waals surface area contributed by atoms with Gasteiger partial charge in [-0.05, 0) is 30.7 Å². The van der Waals surface area contributed by atoms with Crippen molar-refractivity contribution in [3.63, 3.8) is 0 Å². The van der Waals surface area contributed by atoms with Crippen LogP contribution in [-0.4, -0.2) is 21.9 Å². The number of phenolic OH excluding ortho intramolecular Hbond substituents is 1. The monoisotopic (exact) mass is 359 g/mol. The van der Waals surface area contributed by atoms with E-state index in [1.807, 2.05) is 6.92 Å². The van der Waals surface area contributed by atoms with Crippen LogP contribution < -0.4 is 10.1 Å². The van der Waals surface area contributed by atoms with Crippen LogP contribution in [0, 0.1) is 0 Å². The number of rotatable bonds is 3. The molecule has 0 saturated carbocycles. The van der Waals surface area contributed by atoms with E-state index in [2.05, 4.69) is 21.2 Å². The number of carbonyl (C=O) groups is 1. The summed E-state index contributed by atoms with van der Waals surface area (Å²) in [4.78, 5) is 12.1. The van der Waals surface area contributed by atoms with Crippen LogP contribution in [-0.2, 0) is 4.79 Å². The number of hydrogen-bond acceptors (Lipinski definition) is 5. The second-order valence-electron chi connectivity index (χ2n) is 3.63. The lowest BCUT2D eigenvalue weighted by atomic mass is 10.2. The highest BCUT2D eigenvalue weighted by molar-refractivity contribution is 9.10. The predicted molar refractivity (Wildman–Crippen MR) is 83.3 cm³/mol. The summed E-state index contributed by atoms with van der Waals surface area (Å²) >= 11 is 9.47. The van der Waals surface area contributed by atoms with Gasteiger partial charge in [-0.15, -0.1) is 0 Å². The first-order valence-corrected chi connectivity index (χ1v) is 7.43. The minimum atomic E-state index is -0.215. The summed E-state index contributed by atoms with van der Waals surface area (Å²) in [6, 6.07) is 3.21. The summed E-state index contributed by atoms with van der Waals surface area (Å²) in [7, 11) is 0. The van der Waals surface area contributed by atoms with Gasteiger partial charge in [0, 0.05) is 4.47 Å². The molecule has 0 unspecified atom stereocenters. The average molecular weight is 360 g/mol. The Balaban J connectivity index is 2.39. The van der Waals surface area contributed by atoms with Gasteiger partial charge in [-0.1, -0.05) is 39.9 Å². The Bertz CT molecular complexity index is 587. The van der Waals surface area contributed by atoms with Crippen LogP contribution in [0.25, 0.3) is 6.08 Å². The molecule has 1 amide bonds. The molecule has 2 N–H and O–H groups in total. The van der Waals surface area contributed by atoms with Crippen LogP contribution in [0.5, 0.6) is 11.5 Å². The Labute approximate surface area is 128 Å². The molecule has 100 valence electrons. The fourth-order valence-corrected chi connectivity index (χ4v) is 2.98. The molecule has 7 heteroatoms. The quantitative estimate of drug-likeness (QED) is 0.641. The molecule has 1 aliphatic heterocycles. The van der Waals surface area contributed by atoms with E-state index in [4.69, 9.17) is 17.0 Å². The molecule has 4 nitrogen and oxygen atoms in total. The maximum Gasteiger partial charge on any atom is 0.263 e. The number of benzene rings is 1. The van der Waals surface area contributed by atoms with E-state index in [0.29, 0.717) is 26.1 Å². The van der Waals surface area contributed by atoms with Gasteiger partial charge in [-0.25, -0.2) is 0 Å². The van der Waals surface area contributed by atoms with Crippen LogP contribution in [0.2, 0.25) is 0 Å². The fraction of sp³-hybridized carbons (Fsp3) is 0.167. The smallest absolute Gasteiger partial charge is 0.263 e. The zero-order valence-electron chi connectivity index (χ0n) is 9.90. The summed E-state index contributed by atoms with van der Waals surface area (Å²) < 4.78 is 6.43. The third kappa shape index (κ3) is 3.29. The third-order valence-electron chi connectivity index (χ3n) is 2.31. The molecule has 1 aliphatic rings. The van der Waals surface area contributed by atoms with Gasteiger partial charge in [0.25, 0.3) is 5.91 Å². The van der Waals surface area contributed by atoms with Crippen molar-refractivity contribution in [2.45, 2.75) is 6.92 Å². The van der Waals surface area contributed by atoms with E-state index in [1.165, 1.54) is 17.8 Å². The Kier molecular flexibility index (Phi) is 4.49. The number of amides is 1. The van der Waals surface area contributed by atoms with Crippen LogP contribution in [0.15, 0.2) is 21.5 Å². The van der Waals surface area contributed by atoms with Crippen LogP contribution >= 0.6 is 39.9 Å². The van der Waals surface area contributed by atoms with E-state index in [1.54, 1.807) is 12.1 Å². The maximum atomic E-state index is 11.6. The standard InChI is InChI=1S/C12H10BrNO3S2/c1-2-17-9-3-6(7(13)5-8(9)15)4-10-11(16)14-12(18)19-10/h3-5,15H,2H2,1H3,(H,14,16,18)/b10-4+. The number of aromatic hydroxyl groups is 1. The highest BCUT2D eigenvalue weighted by Crippen LogP contribution is 2.35. The van der Waals surface area contributed by atoms with Gasteiger partial charge in [0.2, 0.25) is 0 Å². The van der Waals surface area contributed by atoms with Crippen molar-refractivity contribution in [3.05, 3.63) is 27.1 Å². The molecular formula is C12H10BrNO3S2. The lowest BCUT2D eigenvalue weighted by Crippen LogP contribution is -2.17. The van der Waals surface area contributed by atoms with E-state index in [9.17, 15) is 9.90 Å². The molecule has 2 rings (SSSR count). The van der Waals surface area contributed by atoms with Gasteiger partial charge in [-0.2, -0.15) is 0 Å². The Morgan fingerprint density at radius 1 is 1.58 bits per heavy atom. The van der Waals surface area contributed by atoms with E-state index in [-0.39, 0.29) is 11.7 Å². The number of ether oxygens (including phenoxy) is 1. The highest BCUT2D eigenvalue weighted by Gasteiger charge is 2.22. The SMILES string of the molecule is CCOc1cc(/C=C2/SC(=S)NC2=O)c(Br)cc1O. The minimum absolute atomic E-state index is 0.0509. The molecule has 0 radical (unpaired) electrons. The molecule has 19 heavy (non-hydrogen) atoms. The predicted octanol–water partition coefficient (Wildman–Crippen LogP) is 3.04. The van der Waals surface area contributed by atoms with Gasteiger partial charge in [0.1, 0.15) is 4.32 Å². The number of phenols is 1. The summed E-state index contributed by atoms with van der Waals surface area (Å²) in [6.07, 6.45) is 1.70. The van der Waals surface area contributed by atoms with E-state index < -0.39 is 0 Å². The normalized spacial score (nSPS) is 16.8. The van der Waals surface area contributed by atoms with Crippen molar-refractivity contribution in [2.75, 3.05) is 6.61 Å². The van der Waals surface area contributed by atoms with Crippen molar-refractivity contribution in [3.8, 4) is 11.5 Å². The van der Waals surface area contributed by atoms with Gasteiger partial charge in [0.15, 0.2) is 11.5 Å². The first-order valence-electron chi connectivity index (χ1n) is 5.41. The molecule has 0 bridgehead atoms. The van der Waals surface area contributed by atoms with Gasteiger partial charge in [0.05, 0.1) is 11.5 Å². The minimum Gasteiger partial charge on any atom is -0.504 e. The largest absolute Gasteiger partial charge is 0.504 e. The molecule has 0 aromatic heterocycles. The number of nitrogens with one attached hydrogen (secondary N) is 1. The van der Waals surface area contributed by atoms with Crippen molar-refractivity contribution >= 4 is 56.2 Å². The number of thiocarbonyl (C=S) groups is 1. The topological polar surface area (TPSA) is 58.6 Å². The number of hydrogen-bond donors (Lipinski definition) is 2. The first-order chi connectivity index (χ1) is 9.01. The molecule has 1 fully saturated rings. The zero-order valence-corrected chi connectivity index (χ0v) is 13.1. The van der Waals surface area contributed by atoms with E-state index >= 15 is 0 Å². The van der Waals surface area contributed by atoms with Crippen LogP contribution in [0.1, 0.15) is 12.5 Å². The molecule has 1 aromatic rings. The molecule has 1 heterocycles. The Morgan fingerprint density at radius 2 is 2.32 bits per heavy atom. The average Bonchev–Trinajstić information content (AvgIpc) is 2.64. The fourth-order valence-electron chi connectivity index (χ4n) is 1.50. The summed E-state index contributed by atoms with van der Waals surface area (Å²) in [5.41, 5.74) is 0.739. The Hall–Kier alpha value is -1.05. The molecule has 0 atom stereocenters. The molecular weight excluding hydrogens is 350 g/mol. The maximum absolute atomic E-state index is 11.6. The Morgan fingerprint density at radius 3 is 2.89 bits per heavy atom. The van der Waals surface area contributed by atoms with E-state index in [0.717, 1.165) is 5.56 Å². The molecule has 1 aromatic carbocycles. The first kappa shape index (κ1) is 14.4. The lowest BCUT2D eigenvalue weighted by Gasteiger charge is -2.08. The van der Waals surface area contributed by atoms with Crippen LogP contribution in [0.4, 0.5) is 0 Å². The van der Waals surface area contributed by atoms with Gasteiger partial charge in [-0.3, -0.25) is 4.79 Å². The molecule has 0 spiro atoms. The second kappa shape index (κ2) is 5.94. The van der Waals surface area contributed by atoms with Gasteiger partial charge < -0.3 is 15.2 Å². The van der Waals surface area contributed by atoms with Crippen molar-refractivity contribution < 1.29 is 14.6 Å². The third-order valence-corrected chi connectivity index (χ3v) is 4.16. The van der Waals surface area contributed by atoms with Crippen LogP contribution in [0.3, 0.4) is 0 Å². The van der Waals surface area contributed by atoms with Crippen molar-refractivity contribution in [1.82, 2.24) is 5.32 Å². The second-order valence-corrected chi connectivity index (χ2v) is 6.20. The molecule has 1 saturated heterocycles. The molecule has 0 aliphatic carbocycles. The zero-order chi connectivity index (χ0) is 14.0. The summed E-state index contributed by atoms with van der Waals surface area (Å²) in [5.74, 6) is 0.214. The van der Waals surface area contributed by atoms with Gasteiger partial charge >= 0.3 is 0 Å². The highest BCUT2D eigenvalue weighted by atomic mass is 79.9. The number of thioether (sulfide) groups is 1. The summed E-state index contributed by atoms with van der Waals surface area (Å²) in [5, 5.41) is 12.3. The van der Waals surface area contributed by atoms with Crippen molar-refractivity contribution in [2.24, 2.45) is 0 Å². The van der Waals surface area contributed by atoms with Crippen molar-refractivity contribution in [1.29, 1.82) is 0 Å². The summed E-state index contributed by atoms with van der Waals surface area (Å²) in [6.45, 7) is 2.28.